The Kier molecular flexibility index (Phi) is 4.94. The molecule has 1 atom stereocenters. The van der Waals surface area contributed by atoms with Crippen molar-refractivity contribution in [2.45, 2.75) is 31.1 Å². The van der Waals surface area contributed by atoms with Crippen molar-refractivity contribution in [2.75, 3.05) is 32.8 Å². The van der Waals surface area contributed by atoms with E-state index < -0.39 is 15.6 Å². The van der Waals surface area contributed by atoms with E-state index in [0.29, 0.717) is 26.2 Å². The molecule has 0 N–H and O–H groups in total. The Morgan fingerprint density at radius 3 is 2.67 bits per heavy atom. The first kappa shape index (κ1) is 17.4. The summed E-state index contributed by atoms with van der Waals surface area (Å²) >= 11 is 0. The summed E-state index contributed by atoms with van der Waals surface area (Å²) in [6.07, 6.45) is 1.63. The van der Waals surface area contributed by atoms with Crippen molar-refractivity contribution >= 4 is 15.9 Å². The van der Waals surface area contributed by atoms with Crippen LogP contribution in [0.15, 0.2) is 30.3 Å². The highest BCUT2D eigenvalue weighted by Gasteiger charge is 2.44. The fourth-order valence-electron chi connectivity index (χ4n) is 3.54. The van der Waals surface area contributed by atoms with Gasteiger partial charge in [-0.3, -0.25) is 4.79 Å². The van der Waals surface area contributed by atoms with Crippen LogP contribution in [-0.2, 0) is 25.3 Å². The number of likely N-dealkylation sites (tertiary alicyclic amines) is 1. The number of hydrogen-bond acceptors (Lipinski definition) is 4. The molecule has 1 amide bonds. The van der Waals surface area contributed by atoms with Crippen molar-refractivity contribution in [2.24, 2.45) is 0 Å². The van der Waals surface area contributed by atoms with Crippen molar-refractivity contribution in [1.29, 1.82) is 0 Å². The maximum atomic E-state index is 12.8. The van der Waals surface area contributed by atoms with E-state index >= 15 is 0 Å². The van der Waals surface area contributed by atoms with Crippen LogP contribution in [0.3, 0.4) is 0 Å². The normalized spacial score (nSPS) is 25.8. The third-order valence-electron chi connectivity index (χ3n) is 4.78. The Hall–Kier alpha value is -1.44. The number of benzene rings is 1. The van der Waals surface area contributed by atoms with E-state index in [-0.39, 0.29) is 11.7 Å². The topological polar surface area (TPSA) is 66.9 Å². The van der Waals surface area contributed by atoms with Gasteiger partial charge in [-0.2, -0.15) is 4.31 Å². The van der Waals surface area contributed by atoms with Crippen molar-refractivity contribution in [3.8, 4) is 0 Å². The van der Waals surface area contributed by atoms with E-state index in [1.165, 1.54) is 4.31 Å². The number of amides is 1. The minimum atomic E-state index is -3.40. The molecule has 3 rings (SSSR count). The molecule has 6 nitrogen and oxygen atoms in total. The molecular formula is C17H24N2O4S. The quantitative estimate of drug-likeness (QED) is 0.821. The highest BCUT2D eigenvalue weighted by Crippen LogP contribution is 2.30. The van der Waals surface area contributed by atoms with Crippen LogP contribution in [0.4, 0.5) is 0 Å². The van der Waals surface area contributed by atoms with Gasteiger partial charge in [0.25, 0.3) is 0 Å². The summed E-state index contributed by atoms with van der Waals surface area (Å²) in [5.74, 6) is 0.0160. The molecule has 132 valence electrons. The number of nitrogens with zero attached hydrogens (tertiary/aromatic N) is 2. The van der Waals surface area contributed by atoms with Crippen molar-refractivity contribution < 1.29 is 17.9 Å². The monoisotopic (exact) mass is 352 g/mol. The zero-order valence-electron chi connectivity index (χ0n) is 14.0. The van der Waals surface area contributed by atoms with Crippen LogP contribution in [0.1, 0.15) is 25.3 Å². The molecule has 2 aliphatic rings. The van der Waals surface area contributed by atoms with E-state index in [2.05, 4.69) is 0 Å². The summed E-state index contributed by atoms with van der Waals surface area (Å²) in [7, 11) is -3.40. The molecule has 24 heavy (non-hydrogen) atoms. The maximum absolute atomic E-state index is 12.8. The summed E-state index contributed by atoms with van der Waals surface area (Å²) < 4.78 is 33.1. The minimum absolute atomic E-state index is 0.000340. The lowest BCUT2D eigenvalue weighted by Crippen LogP contribution is -2.61. The molecule has 7 heteroatoms. The largest absolute Gasteiger partial charge is 0.370 e. The second-order valence-corrected chi connectivity index (χ2v) is 8.62. The summed E-state index contributed by atoms with van der Waals surface area (Å²) in [4.78, 5) is 13.4. The number of carbonyl (C=O) groups excluding carboxylic acids is 1. The molecule has 2 saturated heterocycles. The van der Waals surface area contributed by atoms with Gasteiger partial charge in [-0.05, 0) is 18.4 Å². The van der Waals surface area contributed by atoms with Crippen LogP contribution in [0.2, 0.25) is 0 Å². The predicted octanol–water partition coefficient (Wildman–Crippen LogP) is 1.23. The van der Waals surface area contributed by atoms with Gasteiger partial charge in [-0.15, -0.1) is 0 Å². The van der Waals surface area contributed by atoms with Gasteiger partial charge in [0.1, 0.15) is 0 Å². The SMILES string of the molecule is CC(=O)N1CCC[C@]2(C1)CN(S(=O)(=O)Cc1ccccc1)CCO2. The Labute approximate surface area is 143 Å². The van der Waals surface area contributed by atoms with Crippen LogP contribution in [0.25, 0.3) is 0 Å². The standard InChI is InChI=1S/C17H24N2O4S/c1-15(20)18-9-5-8-17(13-18)14-19(10-11-23-17)24(21,22)12-16-6-3-2-4-7-16/h2-4,6-7H,5,8-14H2,1H3/t17-/m0/s1. The Morgan fingerprint density at radius 1 is 1.21 bits per heavy atom. The summed E-state index contributed by atoms with van der Waals surface area (Å²) in [6.45, 7) is 3.81. The Balaban J connectivity index is 1.74. The highest BCUT2D eigenvalue weighted by atomic mass is 32.2. The van der Waals surface area contributed by atoms with Gasteiger partial charge in [0.05, 0.1) is 24.5 Å². The average Bonchev–Trinajstić information content (AvgIpc) is 2.55. The molecule has 0 aromatic heterocycles. The molecule has 0 aliphatic carbocycles. The smallest absolute Gasteiger partial charge is 0.219 e. The number of piperidine rings is 1. The molecule has 0 bridgehead atoms. The first-order chi connectivity index (χ1) is 11.4. The van der Waals surface area contributed by atoms with Crippen LogP contribution in [0.5, 0.6) is 0 Å². The van der Waals surface area contributed by atoms with Crippen LogP contribution in [0, 0.1) is 0 Å². The fraction of sp³-hybridized carbons (Fsp3) is 0.588. The first-order valence-electron chi connectivity index (χ1n) is 8.31. The van der Waals surface area contributed by atoms with Crippen molar-refractivity contribution in [3.63, 3.8) is 0 Å². The molecule has 0 unspecified atom stereocenters. The van der Waals surface area contributed by atoms with Crippen LogP contribution < -0.4 is 0 Å². The van der Waals surface area contributed by atoms with Gasteiger partial charge in [-0.1, -0.05) is 30.3 Å². The van der Waals surface area contributed by atoms with Gasteiger partial charge in [-0.25, -0.2) is 8.42 Å². The predicted molar refractivity (Wildman–Crippen MR) is 90.8 cm³/mol. The molecule has 2 fully saturated rings. The van der Waals surface area contributed by atoms with Crippen molar-refractivity contribution in [3.05, 3.63) is 35.9 Å². The summed E-state index contributed by atoms with van der Waals surface area (Å²) in [5.41, 5.74) is 0.221. The van der Waals surface area contributed by atoms with Gasteiger partial charge in [0, 0.05) is 26.6 Å². The highest BCUT2D eigenvalue weighted by molar-refractivity contribution is 7.88. The zero-order chi connectivity index (χ0) is 17.2. The molecular weight excluding hydrogens is 328 g/mol. The van der Waals surface area contributed by atoms with Crippen LogP contribution in [-0.4, -0.2) is 61.9 Å². The van der Waals surface area contributed by atoms with E-state index in [0.717, 1.165) is 24.9 Å². The number of carbonyl (C=O) groups is 1. The molecule has 1 aromatic rings. The summed E-state index contributed by atoms with van der Waals surface area (Å²) in [5, 5.41) is 0. The molecule has 1 aromatic carbocycles. The first-order valence-corrected chi connectivity index (χ1v) is 9.92. The lowest BCUT2D eigenvalue weighted by atomic mass is 9.91. The second-order valence-electron chi connectivity index (χ2n) is 6.65. The third-order valence-corrected chi connectivity index (χ3v) is 6.58. The van der Waals surface area contributed by atoms with E-state index in [9.17, 15) is 13.2 Å². The lowest BCUT2D eigenvalue weighted by Gasteiger charge is -2.47. The number of morpholine rings is 1. The van der Waals surface area contributed by atoms with Gasteiger partial charge < -0.3 is 9.64 Å². The molecule has 2 aliphatic heterocycles. The van der Waals surface area contributed by atoms with Crippen LogP contribution >= 0.6 is 0 Å². The molecule has 0 radical (unpaired) electrons. The number of rotatable bonds is 3. The number of ether oxygens (including phenoxy) is 1. The summed E-state index contributed by atoms with van der Waals surface area (Å²) in [6, 6.07) is 9.21. The maximum Gasteiger partial charge on any atom is 0.219 e. The zero-order valence-corrected chi connectivity index (χ0v) is 14.8. The number of hydrogen-bond donors (Lipinski definition) is 0. The van der Waals surface area contributed by atoms with Gasteiger partial charge in [0.15, 0.2) is 0 Å². The van der Waals surface area contributed by atoms with Crippen molar-refractivity contribution in [1.82, 2.24) is 9.21 Å². The fourth-order valence-corrected chi connectivity index (χ4v) is 5.12. The molecule has 0 saturated carbocycles. The van der Waals surface area contributed by atoms with E-state index in [4.69, 9.17) is 4.74 Å². The molecule has 1 spiro atoms. The van der Waals surface area contributed by atoms with Gasteiger partial charge in [0.2, 0.25) is 15.9 Å². The average molecular weight is 352 g/mol. The Bertz CT molecular complexity index is 688. The minimum Gasteiger partial charge on any atom is -0.370 e. The lowest BCUT2D eigenvalue weighted by molar-refractivity contribution is -0.149. The van der Waals surface area contributed by atoms with E-state index in [1.54, 1.807) is 11.8 Å². The third kappa shape index (κ3) is 3.79. The number of sulfonamides is 1. The second kappa shape index (κ2) is 6.82. The van der Waals surface area contributed by atoms with Gasteiger partial charge >= 0.3 is 0 Å². The van der Waals surface area contributed by atoms with E-state index in [1.807, 2.05) is 30.3 Å². The molecule has 2 heterocycles. The Morgan fingerprint density at radius 2 is 1.96 bits per heavy atom.